The summed E-state index contributed by atoms with van der Waals surface area (Å²) in [4.78, 5) is 8.91. The number of fused-ring (bicyclic) bond motifs is 3. The van der Waals surface area contributed by atoms with Gasteiger partial charge in [-0.1, -0.05) is 61.5 Å². The molecule has 6 heteroatoms. The molecule has 0 spiro atoms. The van der Waals surface area contributed by atoms with Crippen molar-refractivity contribution in [1.82, 2.24) is 9.97 Å². The van der Waals surface area contributed by atoms with Crippen LogP contribution in [0.2, 0.25) is 17.3 Å². The zero-order valence-corrected chi connectivity index (χ0v) is 29.2. The molecule has 0 fully saturated rings. The van der Waals surface area contributed by atoms with E-state index in [1.807, 2.05) is 75.5 Å². The van der Waals surface area contributed by atoms with Crippen LogP contribution in [0.1, 0.15) is 29.1 Å². The number of pyridine rings is 2. The van der Waals surface area contributed by atoms with Crippen molar-refractivity contribution in [3.8, 4) is 22.5 Å². The summed E-state index contributed by atoms with van der Waals surface area (Å²) in [5.74, 6) is 6.73. The van der Waals surface area contributed by atoms with Gasteiger partial charge in [-0.25, -0.2) is 0 Å². The van der Waals surface area contributed by atoms with Crippen LogP contribution in [0, 0.1) is 23.4 Å². The molecule has 6 rings (SSSR count). The molecule has 0 N–H and O–H groups in total. The van der Waals surface area contributed by atoms with E-state index in [0.717, 1.165) is 38.8 Å². The number of aromatic nitrogens is 2. The van der Waals surface area contributed by atoms with Crippen molar-refractivity contribution in [2.24, 2.45) is 5.41 Å². The molecule has 0 saturated heterocycles. The summed E-state index contributed by atoms with van der Waals surface area (Å²) in [5, 5.41) is 2.07. The zero-order valence-electron chi connectivity index (χ0n) is 26.7. The van der Waals surface area contributed by atoms with Crippen molar-refractivity contribution in [3.63, 3.8) is 0 Å². The van der Waals surface area contributed by atoms with Gasteiger partial charge in [0.2, 0.25) is 0 Å². The van der Waals surface area contributed by atoms with Crippen LogP contribution in [0.25, 0.3) is 44.5 Å². The Morgan fingerprint density at radius 1 is 0.905 bits per heavy atom. The number of halogens is 1. The maximum Gasteiger partial charge on any atom is 0 e. The van der Waals surface area contributed by atoms with Crippen molar-refractivity contribution in [2.75, 3.05) is 0 Å². The maximum absolute atomic E-state index is 12.8. The normalized spacial score (nSPS) is 12.6. The van der Waals surface area contributed by atoms with Crippen molar-refractivity contribution in [3.05, 3.63) is 115 Å². The van der Waals surface area contributed by atoms with E-state index >= 15 is 0 Å². The van der Waals surface area contributed by atoms with E-state index < -0.39 is 25.1 Å². The second-order valence-electron chi connectivity index (χ2n) is 12.1. The number of hydrogen-bond donors (Lipinski definition) is 0. The SMILES string of the molecule is [2H]C([2H])(c1ccnc(-c2[c-]ccc3c2oc2ccccc23)c1)C(C)(C)C.[CH3][Ge]([CH3])([CH3])[c]1ccc(-c2[c-]cc(F)cc2)nc1.[Ir]. The molecule has 0 bridgehead atoms. The molecule has 0 atom stereocenters. The predicted molar refractivity (Wildman–Crippen MR) is 170 cm³/mol. The third-order valence-corrected chi connectivity index (χ3v) is 10.8. The minimum Gasteiger partial charge on any atom is 0 e. The maximum atomic E-state index is 12.8. The number of benzene rings is 3. The van der Waals surface area contributed by atoms with Crippen LogP contribution >= 0.6 is 0 Å². The van der Waals surface area contributed by atoms with Crippen LogP contribution in [0.15, 0.2) is 95.7 Å². The van der Waals surface area contributed by atoms with E-state index in [9.17, 15) is 4.39 Å². The molecule has 1 radical (unpaired) electrons. The summed E-state index contributed by atoms with van der Waals surface area (Å²) in [7, 11) is 0. The summed E-state index contributed by atoms with van der Waals surface area (Å²) >= 11 is -1.79. The second-order valence-corrected chi connectivity index (χ2v) is 22.8. The summed E-state index contributed by atoms with van der Waals surface area (Å²) in [6, 6.07) is 30.1. The average Bonchev–Trinajstić information content (AvgIpc) is 3.36. The van der Waals surface area contributed by atoms with Crippen molar-refractivity contribution in [2.45, 2.75) is 44.4 Å². The van der Waals surface area contributed by atoms with Crippen LogP contribution < -0.4 is 4.40 Å². The molecule has 42 heavy (non-hydrogen) atoms. The first-order valence-electron chi connectivity index (χ1n) is 14.7. The molecular formula is C36H35FGeIrN2O-2. The molecule has 0 aliphatic rings. The Hall–Kier alpha value is -3.12. The van der Waals surface area contributed by atoms with Crippen molar-refractivity contribution >= 4 is 39.6 Å². The molecule has 0 unspecified atom stereocenters. The number of furan rings is 1. The van der Waals surface area contributed by atoms with Crippen LogP contribution in [0.3, 0.4) is 0 Å². The van der Waals surface area contributed by atoms with Crippen LogP contribution in [0.5, 0.6) is 0 Å². The van der Waals surface area contributed by atoms with Gasteiger partial charge in [-0.15, -0.1) is 18.2 Å². The molecular weight excluding hydrogens is 760 g/mol. The van der Waals surface area contributed by atoms with E-state index in [2.05, 4.69) is 45.4 Å². The van der Waals surface area contributed by atoms with Crippen LogP contribution in [0.4, 0.5) is 4.39 Å². The molecule has 0 aliphatic carbocycles. The number of rotatable bonds is 4. The van der Waals surface area contributed by atoms with Gasteiger partial charge < -0.3 is 9.40 Å². The molecule has 3 nitrogen and oxygen atoms in total. The minimum absolute atomic E-state index is 0. The Bertz CT molecular complexity index is 1880. The average molecular weight is 798 g/mol. The molecule has 3 aromatic carbocycles. The zero-order chi connectivity index (χ0) is 31.0. The summed E-state index contributed by atoms with van der Waals surface area (Å²) in [6.45, 7) is 5.71. The van der Waals surface area contributed by atoms with Gasteiger partial charge in [-0.3, -0.25) is 0 Å². The first kappa shape index (κ1) is 29.0. The minimum atomic E-state index is -1.79. The van der Waals surface area contributed by atoms with E-state index in [0.29, 0.717) is 11.3 Å². The quantitative estimate of drug-likeness (QED) is 0.132. The van der Waals surface area contributed by atoms with Gasteiger partial charge in [0.25, 0.3) is 0 Å². The Labute approximate surface area is 267 Å². The molecule has 6 aromatic rings. The summed E-state index contributed by atoms with van der Waals surface area (Å²) in [5.41, 5.74) is 4.74. The molecule has 3 aromatic heterocycles. The summed E-state index contributed by atoms with van der Waals surface area (Å²) < 4.78 is 37.3. The first-order valence-corrected chi connectivity index (χ1v) is 21.0. The number of hydrogen-bond acceptors (Lipinski definition) is 3. The van der Waals surface area contributed by atoms with E-state index in [-0.39, 0.29) is 25.9 Å². The molecule has 0 saturated carbocycles. The molecule has 3 heterocycles. The van der Waals surface area contributed by atoms with Crippen molar-refractivity contribution in [1.29, 1.82) is 0 Å². The van der Waals surface area contributed by atoms with E-state index in [1.165, 1.54) is 16.5 Å². The van der Waals surface area contributed by atoms with Crippen LogP contribution in [-0.4, -0.2) is 23.2 Å². The van der Waals surface area contributed by atoms with Gasteiger partial charge in [-0.05, 0) is 29.6 Å². The van der Waals surface area contributed by atoms with Gasteiger partial charge in [0.05, 0.1) is 5.58 Å². The van der Waals surface area contributed by atoms with Gasteiger partial charge in [-0.2, -0.15) is 0 Å². The largest absolute Gasteiger partial charge is 0 e. The predicted octanol–water partition coefficient (Wildman–Crippen LogP) is 9.27. The molecule has 217 valence electrons. The topological polar surface area (TPSA) is 38.9 Å². The van der Waals surface area contributed by atoms with Gasteiger partial charge in [0, 0.05) is 34.4 Å². The Morgan fingerprint density at radius 2 is 1.69 bits per heavy atom. The van der Waals surface area contributed by atoms with Gasteiger partial charge in [0.1, 0.15) is 5.58 Å². The Balaban J connectivity index is 0.000000214. The Kier molecular flexibility index (Phi) is 8.99. The molecule has 0 amide bonds. The second kappa shape index (κ2) is 13.0. The van der Waals surface area contributed by atoms with Crippen molar-refractivity contribution < 1.29 is 31.7 Å². The third-order valence-electron chi connectivity index (χ3n) is 6.55. The third kappa shape index (κ3) is 7.63. The Morgan fingerprint density at radius 3 is 2.36 bits per heavy atom. The molecule has 0 aliphatic heterocycles. The van der Waals surface area contributed by atoms with E-state index in [1.54, 1.807) is 18.3 Å². The summed E-state index contributed by atoms with van der Waals surface area (Å²) in [6.07, 6.45) is 2.13. The number of nitrogens with zero attached hydrogens (tertiary/aromatic N) is 2. The van der Waals surface area contributed by atoms with E-state index in [4.69, 9.17) is 7.16 Å². The first-order chi connectivity index (χ1) is 20.3. The smallest absolute Gasteiger partial charge is 0 e. The fourth-order valence-corrected chi connectivity index (χ4v) is 6.69. The monoisotopic (exact) mass is 799 g/mol. The fourth-order valence-electron chi connectivity index (χ4n) is 4.52. The van der Waals surface area contributed by atoms with Crippen LogP contribution in [-0.2, 0) is 26.5 Å². The fraction of sp³-hybridized carbons (Fsp3) is 0.222. The standard InChI is InChI=1S/C22H20NO.C14H15FGeN.Ir/c1-22(2,3)14-15-11-12-23-19(13-15)18-9-6-8-17-16-7-4-5-10-20(16)24-21(17)18;1-16(2,3)13-8-9-14(17-10-13)11-4-6-12(15)7-5-11;/h4-8,10-13H,14H2,1-3H3;4,6-10H,1-3H3;/q2*-1;/i14D2;;. The number of para-hydroxylation sites is 1. The van der Waals surface area contributed by atoms with Gasteiger partial charge in [0.15, 0.2) is 0 Å². The van der Waals surface area contributed by atoms with Gasteiger partial charge >= 0.3 is 104 Å².